The molecule has 0 radical (unpaired) electrons. The fraction of sp³-hybridized carbons (Fsp3) is 0. The molecule has 4 heteroatoms. The summed E-state index contributed by atoms with van der Waals surface area (Å²) < 4.78 is 0. The second-order valence-corrected chi connectivity index (χ2v) is 19.6. The van der Waals surface area contributed by atoms with Crippen LogP contribution in [0.25, 0.3) is 166 Å². The first-order valence-electron chi connectivity index (χ1n) is 25.3. The Kier molecular flexibility index (Phi) is 8.71. The van der Waals surface area contributed by atoms with E-state index in [1.165, 1.54) is 71.6 Å². The van der Waals surface area contributed by atoms with Gasteiger partial charge in [0.25, 0.3) is 0 Å². The number of rotatable bonds is 6. The second-order valence-electron chi connectivity index (χ2n) is 19.6. The lowest BCUT2D eigenvalue weighted by molar-refractivity contribution is 1.23. The van der Waals surface area contributed by atoms with Gasteiger partial charge in [-0.3, -0.25) is 0 Å². The Bertz CT molecular complexity index is 4650. The van der Waals surface area contributed by atoms with E-state index >= 15 is 0 Å². The molecule has 11 aromatic carbocycles. The van der Waals surface area contributed by atoms with Crippen LogP contribution < -0.4 is 0 Å². The second kappa shape index (κ2) is 15.8. The van der Waals surface area contributed by atoms with Gasteiger partial charge in [0.1, 0.15) is 0 Å². The first kappa shape index (κ1) is 40.8. The lowest BCUT2D eigenvalue weighted by Gasteiger charge is -2.18. The molecule has 340 valence electrons. The van der Waals surface area contributed by atoms with Gasteiger partial charge in [-0.05, 0) is 119 Å². The molecule has 0 fully saturated rings. The zero-order valence-electron chi connectivity index (χ0n) is 39.9. The first-order valence-corrected chi connectivity index (χ1v) is 25.3. The van der Waals surface area contributed by atoms with E-state index in [4.69, 9.17) is 19.9 Å². The fourth-order valence-electron chi connectivity index (χ4n) is 12.1. The maximum absolute atomic E-state index is 5.68. The van der Waals surface area contributed by atoms with Crippen LogP contribution in [0.5, 0.6) is 0 Å². The number of fused-ring (bicyclic) bond motifs is 9. The molecule has 0 saturated carbocycles. The predicted molar refractivity (Wildman–Crippen MR) is 307 cm³/mol. The zero-order chi connectivity index (χ0) is 48.4. The summed E-state index contributed by atoms with van der Waals surface area (Å²) in [6.45, 7) is 0. The van der Waals surface area contributed by atoms with Gasteiger partial charge >= 0.3 is 0 Å². The molecule has 0 spiro atoms. The minimum Gasteiger partial charge on any atom is -0.248 e. The highest BCUT2D eigenvalue weighted by atomic mass is 14.9. The van der Waals surface area contributed by atoms with Crippen molar-refractivity contribution >= 4 is 54.3 Å². The lowest BCUT2D eigenvalue weighted by atomic mass is 9.88. The van der Waals surface area contributed by atoms with Crippen molar-refractivity contribution in [1.29, 1.82) is 0 Å². The number of benzene rings is 11. The van der Waals surface area contributed by atoms with Crippen LogP contribution in [0, 0.1) is 0 Å². The number of hydrogen-bond acceptors (Lipinski definition) is 4. The van der Waals surface area contributed by atoms with E-state index in [1.54, 1.807) is 0 Å². The van der Waals surface area contributed by atoms with Crippen LogP contribution in [0.15, 0.2) is 243 Å². The topological polar surface area (TPSA) is 51.6 Å². The fourth-order valence-corrected chi connectivity index (χ4v) is 12.1. The van der Waals surface area contributed by atoms with Crippen molar-refractivity contribution in [3.05, 3.63) is 243 Å². The standard InChI is InChI=1S/C70H40N4/c1-7-21-62-41(11-1)31-37-64(71-62)43-23-27-45(28-24-43)68-61-40-47(48-33-35-58-51-15-5-3-13-49(51)55-18-9-17-54(48)66(55)58)39-60(53-34-36-59-52-16-6-4-14-50(52)56-19-10-20-57(53)67(56)59)69(61)74-70(73-68)46-29-25-44(26-30-46)65-38-32-42-12-2-8-22-63(42)72-65/h1-40H. The highest BCUT2D eigenvalue weighted by Crippen LogP contribution is 2.53. The van der Waals surface area contributed by atoms with Crippen molar-refractivity contribution < 1.29 is 0 Å². The summed E-state index contributed by atoms with van der Waals surface area (Å²) in [5, 5.41) is 8.22. The van der Waals surface area contributed by atoms with E-state index in [9.17, 15) is 0 Å². The Hall–Kier alpha value is -9.90. The molecule has 0 saturated heterocycles. The molecule has 4 nitrogen and oxygen atoms in total. The molecule has 2 aliphatic carbocycles. The highest BCUT2D eigenvalue weighted by Gasteiger charge is 2.27. The van der Waals surface area contributed by atoms with Gasteiger partial charge in [-0.25, -0.2) is 19.9 Å². The van der Waals surface area contributed by atoms with Gasteiger partial charge in [-0.1, -0.05) is 206 Å². The van der Waals surface area contributed by atoms with Gasteiger partial charge in [0.15, 0.2) is 5.82 Å². The van der Waals surface area contributed by atoms with Crippen molar-refractivity contribution in [2.45, 2.75) is 0 Å². The van der Waals surface area contributed by atoms with Gasteiger partial charge in [0.2, 0.25) is 0 Å². The quantitative estimate of drug-likeness (QED) is 0.167. The molecule has 3 aromatic heterocycles. The van der Waals surface area contributed by atoms with Gasteiger partial charge < -0.3 is 0 Å². The summed E-state index contributed by atoms with van der Waals surface area (Å²) in [5.41, 5.74) is 24.2. The number of para-hydroxylation sites is 2. The van der Waals surface area contributed by atoms with Crippen molar-refractivity contribution in [1.82, 2.24) is 19.9 Å². The number of pyridine rings is 2. The monoisotopic (exact) mass is 936 g/mol. The average Bonchev–Trinajstić information content (AvgIpc) is 3.98. The lowest BCUT2D eigenvalue weighted by Crippen LogP contribution is -1.99. The van der Waals surface area contributed by atoms with Crippen LogP contribution in [0.1, 0.15) is 0 Å². The summed E-state index contributed by atoms with van der Waals surface area (Å²) >= 11 is 0. The normalized spacial score (nSPS) is 12.1. The Balaban J connectivity index is 0.953. The minimum atomic E-state index is 0.654. The van der Waals surface area contributed by atoms with Crippen LogP contribution in [-0.2, 0) is 0 Å². The first-order chi connectivity index (χ1) is 36.7. The molecule has 0 amide bonds. The zero-order valence-corrected chi connectivity index (χ0v) is 39.9. The maximum atomic E-state index is 5.68. The summed E-state index contributed by atoms with van der Waals surface area (Å²) in [6.07, 6.45) is 0. The number of hydrogen-bond donors (Lipinski definition) is 0. The summed E-state index contributed by atoms with van der Waals surface area (Å²) in [4.78, 5) is 21.4. The number of nitrogens with zero attached hydrogens (tertiary/aromatic N) is 4. The van der Waals surface area contributed by atoms with Crippen LogP contribution in [-0.4, -0.2) is 19.9 Å². The van der Waals surface area contributed by atoms with E-state index in [0.717, 1.165) is 88.7 Å². The van der Waals surface area contributed by atoms with Gasteiger partial charge in [0.05, 0.1) is 33.6 Å². The van der Waals surface area contributed by atoms with Gasteiger partial charge in [-0.2, -0.15) is 0 Å². The Morgan fingerprint density at radius 3 is 1.24 bits per heavy atom. The third-order valence-corrected chi connectivity index (χ3v) is 15.6. The van der Waals surface area contributed by atoms with Crippen molar-refractivity contribution in [3.8, 4) is 112 Å². The van der Waals surface area contributed by atoms with E-state index in [1.807, 2.05) is 12.1 Å². The summed E-state index contributed by atoms with van der Waals surface area (Å²) in [7, 11) is 0. The van der Waals surface area contributed by atoms with Gasteiger partial charge in [-0.15, -0.1) is 0 Å². The maximum Gasteiger partial charge on any atom is 0.160 e. The van der Waals surface area contributed by atoms with Crippen LogP contribution in [0.2, 0.25) is 0 Å². The van der Waals surface area contributed by atoms with Crippen molar-refractivity contribution in [2.75, 3.05) is 0 Å². The third-order valence-electron chi connectivity index (χ3n) is 15.6. The Morgan fingerprint density at radius 1 is 0.230 bits per heavy atom. The molecule has 16 rings (SSSR count). The Labute approximate surface area is 426 Å². The minimum absolute atomic E-state index is 0.654. The van der Waals surface area contributed by atoms with E-state index in [2.05, 4.69) is 231 Å². The predicted octanol–water partition coefficient (Wildman–Crippen LogP) is 18.3. The third kappa shape index (κ3) is 6.15. The van der Waals surface area contributed by atoms with E-state index < -0.39 is 0 Å². The van der Waals surface area contributed by atoms with Crippen LogP contribution >= 0.6 is 0 Å². The van der Waals surface area contributed by atoms with Crippen LogP contribution in [0.3, 0.4) is 0 Å². The average molecular weight is 937 g/mol. The van der Waals surface area contributed by atoms with Crippen LogP contribution in [0.4, 0.5) is 0 Å². The molecule has 0 unspecified atom stereocenters. The molecule has 0 atom stereocenters. The van der Waals surface area contributed by atoms with Crippen molar-refractivity contribution in [3.63, 3.8) is 0 Å². The van der Waals surface area contributed by atoms with Gasteiger partial charge in [0, 0.05) is 44.0 Å². The molecular weight excluding hydrogens is 897 g/mol. The van der Waals surface area contributed by atoms with Crippen molar-refractivity contribution in [2.24, 2.45) is 0 Å². The summed E-state index contributed by atoms with van der Waals surface area (Å²) in [6, 6.07) is 87.5. The van der Waals surface area contributed by atoms with E-state index in [-0.39, 0.29) is 0 Å². The molecule has 0 bridgehead atoms. The largest absolute Gasteiger partial charge is 0.248 e. The SMILES string of the molecule is c1ccc2c(c1)-c1cccc3c(-c4cc(-c5ccc6c7c(cccc57)-c5ccccc5-6)c5nc(-c6ccc(-c7ccc8ccccc8n7)cc6)nc(-c6ccc(-c7ccc8ccccc8n7)cc6)c5c4)ccc-2c13. The molecule has 3 heterocycles. The summed E-state index contributed by atoms with van der Waals surface area (Å²) in [5.74, 6) is 0.654. The Morgan fingerprint density at radius 2 is 0.676 bits per heavy atom. The molecule has 0 N–H and O–H groups in total. The molecule has 74 heavy (non-hydrogen) atoms. The number of aromatic nitrogens is 4. The molecular formula is C70H40N4. The highest BCUT2D eigenvalue weighted by molar-refractivity contribution is 6.22. The van der Waals surface area contributed by atoms with E-state index in [0.29, 0.717) is 5.82 Å². The smallest absolute Gasteiger partial charge is 0.160 e. The molecule has 2 aliphatic rings. The molecule has 0 aliphatic heterocycles. The molecule has 14 aromatic rings.